The number of amides is 1. The summed E-state index contributed by atoms with van der Waals surface area (Å²) in [5.41, 5.74) is 3.18. The molecular formula is C17H19NO4S. The number of hydrogen-bond donors (Lipinski definition) is 2. The first-order chi connectivity index (χ1) is 10.9. The van der Waals surface area contributed by atoms with E-state index in [1.807, 2.05) is 18.4 Å². The molecule has 0 unspecified atom stereocenters. The molecule has 0 fully saturated rings. The highest BCUT2D eigenvalue weighted by molar-refractivity contribution is 7.10. The maximum atomic E-state index is 12.3. The number of aryl methyl sites for hydroxylation is 3. The van der Waals surface area contributed by atoms with E-state index in [9.17, 15) is 9.59 Å². The molecule has 0 aliphatic carbocycles. The van der Waals surface area contributed by atoms with Crippen molar-refractivity contribution in [2.24, 2.45) is 0 Å². The molecule has 0 spiro atoms. The van der Waals surface area contributed by atoms with Crippen molar-refractivity contribution < 1.29 is 19.4 Å². The summed E-state index contributed by atoms with van der Waals surface area (Å²) in [4.78, 5) is 24.0. The van der Waals surface area contributed by atoms with Gasteiger partial charge >= 0.3 is 5.97 Å². The number of hydrogen-bond acceptors (Lipinski definition) is 4. The van der Waals surface area contributed by atoms with Crippen molar-refractivity contribution in [2.45, 2.75) is 27.3 Å². The van der Waals surface area contributed by atoms with Gasteiger partial charge in [0, 0.05) is 10.4 Å². The van der Waals surface area contributed by atoms with Crippen molar-refractivity contribution in [3.63, 3.8) is 0 Å². The number of carboxylic acid groups (broad SMARTS) is 1. The third-order valence-corrected chi connectivity index (χ3v) is 4.46. The molecule has 122 valence electrons. The molecule has 0 bridgehead atoms. The van der Waals surface area contributed by atoms with E-state index in [0.717, 1.165) is 16.0 Å². The summed E-state index contributed by atoms with van der Waals surface area (Å²) in [5, 5.41) is 13.6. The van der Waals surface area contributed by atoms with Gasteiger partial charge in [-0.3, -0.25) is 4.79 Å². The zero-order valence-electron chi connectivity index (χ0n) is 13.3. The third-order valence-electron chi connectivity index (χ3n) is 3.44. The Morgan fingerprint density at radius 1 is 1.17 bits per heavy atom. The van der Waals surface area contributed by atoms with Gasteiger partial charge in [-0.05, 0) is 61.0 Å². The van der Waals surface area contributed by atoms with Gasteiger partial charge in [0.2, 0.25) is 0 Å². The Hall–Kier alpha value is -2.34. The molecule has 0 atom stereocenters. The molecule has 2 rings (SSSR count). The van der Waals surface area contributed by atoms with Crippen LogP contribution in [0, 0.1) is 20.8 Å². The summed E-state index contributed by atoms with van der Waals surface area (Å²) in [6.45, 7) is 5.71. The number of aliphatic carboxylic acids is 1. The van der Waals surface area contributed by atoms with Crippen LogP contribution in [0.5, 0.6) is 5.75 Å². The van der Waals surface area contributed by atoms with E-state index in [0.29, 0.717) is 17.9 Å². The molecule has 0 saturated heterocycles. The number of carbonyl (C=O) groups excluding carboxylic acids is 1. The van der Waals surface area contributed by atoms with Crippen molar-refractivity contribution in [1.82, 2.24) is 5.32 Å². The maximum Gasteiger partial charge on any atom is 0.341 e. The second-order valence-corrected chi connectivity index (χ2v) is 6.33. The standard InChI is InChI=1S/C17H19NO4S/c1-10-4-5-23-14(10)8-18-17(21)13-6-11(2)16(12(3)7-13)22-9-15(19)20/h4-7H,8-9H2,1-3H3,(H,18,21)(H,19,20). The molecule has 1 aromatic heterocycles. The largest absolute Gasteiger partial charge is 0.481 e. The van der Waals surface area contributed by atoms with E-state index >= 15 is 0 Å². The van der Waals surface area contributed by atoms with Crippen LogP contribution in [0.3, 0.4) is 0 Å². The van der Waals surface area contributed by atoms with Crippen LogP contribution >= 0.6 is 11.3 Å². The van der Waals surface area contributed by atoms with Crippen molar-refractivity contribution >= 4 is 23.2 Å². The summed E-state index contributed by atoms with van der Waals surface area (Å²) in [6.07, 6.45) is 0. The zero-order chi connectivity index (χ0) is 17.0. The number of ether oxygens (including phenoxy) is 1. The van der Waals surface area contributed by atoms with E-state index < -0.39 is 12.6 Å². The number of rotatable bonds is 6. The smallest absolute Gasteiger partial charge is 0.341 e. The molecule has 0 aliphatic rings. The Morgan fingerprint density at radius 3 is 2.35 bits per heavy atom. The van der Waals surface area contributed by atoms with Gasteiger partial charge in [0.1, 0.15) is 5.75 Å². The average Bonchev–Trinajstić information content (AvgIpc) is 2.88. The molecule has 0 radical (unpaired) electrons. The lowest BCUT2D eigenvalue weighted by Crippen LogP contribution is -2.23. The van der Waals surface area contributed by atoms with Crippen molar-refractivity contribution in [1.29, 1.82) is 0 Å². The number of thiophene rings is 1. The minimum atomic E-state index is -1.03. The fourth-order valence-corrected chi connectivity index (χ4v) is 3.14. The molecule has 1 heterocycles. The van der Waals surface area contributed by atoms with Gasteiger partial charge in [-0.15, -0.1) is 11.3 Å². The van der Waals surface area contributed by atoms with Gasteiger partial charge < -0.3 is 15.2 Å². The quantitative estimate of drug-likeness (QED) is 0.852. The van der Waals surface area contributed by atoms with Crippen LogP contribution in [0.15, 0.2) is 23.6 Å². The van der Waals surface area contributed by atoms with Gasteiger partial charge in [0.25, 0.3) is 5.91 Å². The monoisotopic (exact) mass is 333 g/mol. The van der Waals surface area contributed by atoms with Crippen LogP contribution in [0.25, 0.3) is 0 Å². The van der Waals surface area contributed by atoms with Crippen LogP contribution in [-0.4, -0.2) is 23.6 Å². The van der Waals surface area contributed by atoms with E-state index in [-0.39, 0.29) is 5.91 Å². The average molecular weight is 333 g/mol. The van der Waals surface area contributed by atoms with E-state index in [2.05, 4.69) is 5.32 Å². The Morgan fingerprint density at radius 2 is 1.83 bits per heavy atom. The SMILES string of the molecule is Cc1ccsc1CNC(=O)c1cc(C)c(OCC(=O)O)c(C)c1. The third kappa shape index (κ3) is 4.32. The lowest BCUT2D eigenvalue weighted by molar-refractivity contribution is -0.139. The normalized spacial score (nSPS) is 10.4. The molecule has 5 nitrogen and oxygen atoms in total. The first-order valence-electron chi connectivity index (χ1n) is 7.15. The topological polar surface area (TPSA) is 75.6 Å². The lowest BCUT2D eigenvalue weighted by Gasteiger charge is -2.13. The molecule has 0 saturated carbocycles. The predicted molar refractivity (Wildman–Crippen MR) is 89.3 cm³/mol. The van der Waals surface area contributed by atoms with Crippen LogP contribution in [0.2, 0.25) is 0 Å². The second-order valence-electron chi connectivity index (χ2n) is 5.33. The Kier molecular flexibility index (Phi) is 5.39. The van der Waals surface area contributed by atoms with Gasteiger partial charge in [-0.1, -0.05) is 0 Å². The Bertz CT molecular complexity index is 713. The molecule has 6 heteroatoms. The summed E-state index contributed by atoms with van der Waals surface area (Å²) in [5.74, 6) is -0.677. The molecule has 2 N–H and O–H groups in total. The Labute approximate surface area is 138 Å². The van der Waals surface area contributed by atoms with Crippen LogP contribution in [-0.2, 0) is 11.3 Å². The lowest BCUT2D eigenvalue weighted by atomic mass is 10.1. The summed E-state index contributed by atoms with van der Waals surface area (Å²) >= 11 is 1.61. The van der Waals surface area contributed by atoms with Gasteiger partial charge in [0.05, 0.1) is 6.54 Å². The molecule has 0 aliphatic heterocycles. The second kappa shape index (κ2) is 7.28. The van der Waals surface area contributed by atoms with Crippen molar-refractivity contribution in [3.05, 3.63) is 50.7 Å². The van der Waals surface area contributed by atoms with Crippen LogP contribution in [0.4, 0.5) is 0 Å². The van der Waals surface area contributed by atoms with Gasteiger partial charge in [-0.2, -0.15) is 0 Å². The highest BCUT2D eigenvalue weighted by Gasteiger charge is 2.13. The Balaban J connectivity index is 2.09. The van der Waals surface area contributed by atoms with E-state index in [4.69, 9.17) is 9.84 Å². The molecule has 1 amide bonds. The first kappa shape index (κ1) is 17.0. The maximum absolute atomic E-state index is 12.3. The van der Waals surface area contributed by atoms with Gasteiger partial charge in [0.15, 0.2) is 6.61 Å². The van der Waals surface area contributed by atoms with Gasteiger partial charge in [-0.25, -0.2) is 4.79 Å². The number of nitrogens with one attached hydrogen (secondary N) is 1. The fourth-order valence-electron chi connectivity index (χ4n) is 2.29. The van der Waals surface area contributed by atoms with Crippen LogP contribution in [0.1, 0.15) is 31.9 Å². The molecule has 1 aromatic carbocycles. The van der Waals surface area contributed by atoms with Crippen molar-refractivity contribution in [2.75, 3.05) is 6.61 Å². The number of carbonyl (C=O) groups is 2. The minimum absolute atomic E-state index is 0.159. The predicted octanol–water partition coefficient (Wildman–Crippen LogP) is 3.07. The number of carboxylic acids is 1. The van der Waals surface area contributed by atoms with Crippen LogP contribution < -0.4 is 10.1 Å². The highest BCUT2D eigenvalue weighted by Crippen LogP contribution is 2.25. The molecule has 23 heavy (non-hydrogen) atoms. The summed E-state index contributed by atoms with van der Waals surface area (Å²) < 4.78 is 5.27. The minimum Gasteiger partial charge on any atom is -0.481 e. The number of benzene rings is 1. The first-order valence-corrected chi connectivity index (χ1v) is 8.03. The fraction of sp³-hybridized carbons (Fsp3) is 0.294. The van der Waals surface area contributed by atoms with Crippen molar-refractivity contribution in [3.8, 4) is 5.75 Å². The zero-order valence-corrected chi connectivity index (χ0v) is 14.1. The highest BCUT2D eigenvalue weighted by atomic mass is 32.1. The molecular weight excluding hydrogens is 314 g/mol. The summed E-state index contributed by atoms with van der Waals surface area (Å²) in [6, 6.07) is 5.44. The molecule has 2 aromatic rings. The van der Waals surface area contributed by atoms with E-state index in [1.54, 1.807) is 37.3 Å². The van der Waals surface area contributed by atoms with E-state index in [1.165, 1.54) is 5.56 Å². The summed E-state index contributed by atoms with van der Waals surface area (Å²) in [7, 11) is 0.